The molecule has 1 N–H and O–H groups in total. The molecule has 0 radical (unpaired) electrons. The summed E-state index contributed by atoms with van der Waals surface area (Å²) >= 11 is 5.90. The topological polar surface area (TPSA) is 60.5 Å². The molecule has 104 valence electrons. The summed E-state index contributed by atoms with van der Waals surface area (Å²) in [5.41, 5.74) is 0.824. The number of methoxy groups -OCH3 is 2. The molecule has 0 aliphatic heterocycles. The van der Waals surface area contributed by atoms with Crippen molar-refractivity contribution in [3.05, 3.63) is 47.2 Å². The van der Waals surface area contributed by atoms with Crippen LogP contribution in [0.25, 0.3) is 0 Å². The number of rotatable bonds is 4. The highest BCUT2D eigenvalue weighted by Crippen LogP contribution is 2.26. The summed E-state index contributed by atoms with van der Waals surface area (Å²) in [6.45, 7) is 0. The fourth-order valence-corrected chi connectivity index (χ4v) is 1.82. The standard InChI is InChI=1S/C14H13ClN2O3/c1-19-9-5-6-10(12(8-9)20-2)14(18)17-11-4-3-7-16-13(11)15/h3-8H,1-2H3,(H,17,18). The van der Waals surface area contributed by atoms with Crippen molar-refractivity contribution in [1.29, 1.82) is 0 Å². The summed E-state index contributed by atoms with van der Waals surface area (Å²) in [6, 6.07) is 8.30. The molecule has 2 rings (SSSR count). The number of ether oxygens (including phenoxy) is 2. The third kappa shape index (κ3) is 3.00. The highest BCUT2D eigenvalue weighted by molar-refractivity contribution is 6.32. The summed E-state index contributed by atoms with van der Waals surface area (Å²) in [6.07, 6.45) is 1.55. The number of halogens is 1. The van der Waals surface area contributed by atoms with Crippen LogP contribution in [0.3, 0.4) is 0 Å². The average Bonchev–Trinajstić information content (AvgIpc) is 2.48. The van der Waals surface area contributed by atoms with E-state index < -0.39 is 0 Å². The van der Waals surface area contributed by atoms with E-state index in [1.54, 1.807) is 43.6 Å². The molecule has 1 heterocycles. The van der Waals surface area contributed by atoms with Gasteiger partial charge < -0.3 is 14.8 Å². The molecule has 0 spiro atoms. The van der Waals surface area contributed by atoms with Crippen LogP contribution in [0.2, 0.25) is 5.15 Å². The largest absolute Gasteiger partial charge is 0.497 e. The van der Waals surface area contributed by atoms with Gasteiger partial charge in [-0.25, -0.2) is 4.98 Å². The van der Waals surface area contributed by atoms with E-state index in [4.69, 9.17) is 21.1 Å². The second kappa shape index (κ2) is 6.25. The molecule has 1 aromatic heterocycles. The molecule has 0 fully saturated rings. The Bertz CT molecular complexity index is 632. The lowest BCUT2D eigenvalue weighted by molar-refractivity contribution is 0.102. The van der Waals surface area contributed by atoms with Crippen LogP contribution >= 0.6 is 11.6 Å². The number of anilines is 1. The van der Waals surface area contributed by atoms with E-state index in [1.165, 1.54) is 7.11 Å². The van der Waals surface area contributed by atoms with Gasteiger partial charge in [-0.15, -0.1) is 0 Å². The SMILES string of the molecule is COc1ccc(C(=O)Nc2cccnc2Cl)c(OC)c1. The summed E-state index contributed by atoms with van der Waals surface area (Å²) < 4.78 is 10.3. The minimum atomic E-state index is -0.334. The van der Waals surface area contributed by atoms with Crippen molar-refractivity contribution in [2.45, 2.75) is 0 Å². The van der Waals surface area contributed by atoms with Crippen molar-refractivity contribution in [2.24, 2.45) is 0 Å². The molecule has 0 atom stereocenters. The number of hydrogen-bond acceptors (Lipinski definition) is 4. The van der Waals surface area contributed by atoms with Gasteiger partial charge in [0.15, 0.2) is 5.15 Å². The van der Waals surface area contributed by atoms with E-state index in [2.05, 4.69) is 10.3 Å². The Balaban J connectivity index is 2.27. The van der Waals surface area contributed by atoms with Crippen molar-refractivity contribution < 1.29 is 14.3 Å². The Kier molecular flexibility index (Phi) is 4.42. The van der Waals surface area contributed by atoms with Crippen LogP contribution in [0.4, 0.5) is 5.69 Å². The van der Waals surface area contributed by atoms with Gasteiger partial charge in [0, 0.05) is 12.3 Å². The molecular weight excluding hydrogens is 280 g/mol. The number of benzene rings is 1. The third-order valence-electron chi connectivity index (χ3n) is 2.66. The molecule has 2 aromatic rings. The number of nitrogens with zero attached hydrogens (tertiary/aromatic N) is 1. The summed E-state index contributed by atoms with van der Waals surface area (Å²) in [4.78, 5) is 16.1. The summed E-state index contributed by atoms with van der Waals surface area (Å²) in [7, 11) is 3.03. The van der Waals surface area contributed by atoms with Crippen LogP contribution in [0.15, 0.2) is 36.5 Å². The predicted octanol–water partition coefficient (Wildman–Crippen LogP) is 3.00. The van der Waals surface area contributed by atoms with E-state index in [-0.39, 0.29) is 11.1 Å². The molecule has 0 saturated carbocycles. The Morgan fingerprint density at radius 2 is 2.05 bits per heavy atom. The quantitative estimate of drug-likeness (QED) is 0.880. The Morgan fingerprint density at radius 3 is 2.70 bits per heavy atom. The predicted molar refractivity (Wildman–Crippen MR) is 76.7 cm³/mol. The second-order valence-corrected chi connectivity index (χ2v) is 4.22. The molecule has 0 bridgehead atoms. The van der Waals surface area contributed by atoms with Crippen molar-refractivity contribution in [3.8, 4) is 11.5 Å². The normalized spacial score (nSPS) is 9.95. The van der Waals surface area contributed by atoms with Crippen LogP contribution in [-0.2, 0) is 0 Å². The molecular formula is C14H13ClN2O3. The molecule has 0 saturated heterocycles. The van der Waals surface area contributed by atoms with Crippen molar-refractivity contribution >= 4 is 23.2 Å². The maximum absolute atomic E-state index is 12.2. The lowest BCUT2D eigenvalue weighted by atomic mass is 10.1. The molecule has 1 amide bonds. The van der Waals surface area contributed by atoms with E-state index in [0.717, 1.165) is 0 Å². The first kappa shape index (κ1) is 14.1. The van der Waals surface area contributed by atoms with E-state index >= 15 is 0 Å². The molecule has 5 nitrogen and oxygen atoms in total. The number of nitrogens with one attached hydrogen (secondary N) is 1. The Labute approximate surface area is 121 Å². The molecule has 6 heteroatoms. The van der Waals surface area contributed by atoms with Gasteiger partial charge >= 0.3 is 0 Å². The van der Waals surface area contributed by atoms with Gasteiger partial charge in [-0.05, 0) is 24.3 Å². The number of pyridine rings is 1. The minimum Gasteiger partial charge on any atom is -0.497 e. The highest BCUT2D eigenvalue weighted by atomic mass is 35.5. The first-order valence-electron chi connectivity index (χ1n) is 5.79. The van der Waals surface area contributed by atoms with Crippen molar-refractivity contribution in [3.63, 3.8) is 0 Å². The number of carbonyl (C=O) groups excluding carboxylic acids is 1. The van der Waals surface area contributed by atoms with Crippen LogP contribution in [0, 0.1) is 0 Å². The number of carbonyl (C=O) groups is 1. The van der Waals surface area contributed by atoms with E-state index in [9.17, 15) is 4.79 Å². The van der Waals surface area contributed by atoms with E-state index in [0.29, 0.717) is 22.7 Å². The minimum absolute atomic E-state index is 0.230. The lowest BCUT2D eigenvalue weighted by Gasteiger charge is -2.11. The zero-order valence-corrected chi connectivity index (χ0v) is 11.8. The number of amides is 1. The molecule has 0 unspecified atom stereocenters. The fraction of sp³-hybridized carbons (Fsp3) is 0.143. The van der Waals surface area contributed by atoms with Gasteiger partial charge in [0.2, 0.25) is 0 Å². The first-order chi connectivity index (χ1) is 9.65. The molecule has 20 heavy (non-hydrogen) atoms. The molecule has 1 aromatic carbocycles. The van der Waals surface area contributed by atoms with Gasteiger partial charge in [0.05, 0.1) is 25.5 Å². The molecule has 0 aliphatic rings. The second-order valence-electron chi connectivity index (χ2n) is 3.86. The van der Waals surface area contributed by atoms with Crippen molar-refractivity contribution in [1.82, 2.24) is 4.98 Å². The van der Waals surface area contributed by atoms with Gasteiger partial charge in [-0.3, -0.25) is 4.79 Å². The Hall–Kier alpha value is -2.27. The Morgan fingerprint density at radius 1 is 1.25 bits per heavy atom. The zero-order valence-electron chi connectivity index (χ0n) is 11.0. The lowest BCUT2D eigenvalue weighted by Crippen LogP contribution is -2.13. The zero-order chi connectivity index (χ0) is 14.5. The number of aromatic nitrogens is 1. The average molecular weight is 293 g/mol. The van der Waals surface area contributed by atoms with Gasteiger partial charge in [0.1, 0.15) is 11.5 Å². The van der Waals surface area contributed by atoms with Crippen LogP contribution in [0.5, 0.6) is 11.5 Å². The fourth-order valence-electron chi connectivity index (χ4n) is 1.66. The maximum Gasteiger partial charge on any atom is 0.259 e. The third-order valence-corrected chi connectivity index (χ3v) is 2.96. The summed E-state index contributed by atoms with van der Waals surface area (Å²) in [5, 5.41) is 2.91. The highest BCUT2D eigenvalue weighted by Gasteiger charge is 2.14. The first-order valence-corrected chi connectivity index (χ1v) is 6.17. The smallest absolute Gasteiger partial charge is 0.259 e. The summed E-state index contributed by atoms with van der Waals surface area (Å²) in [5.74, 6) is 0.694. The number of hydrogen-bond donors (Lipinski definition) is 1. The van der Waals surface area contributed by atoms with Crippen LogP contribution in [-0.4, -0.2) is 25.1 Å². The monoisotopic (exact) mass is 292 g/mol. The maximum atomic E-state index is 12.2. The van der Waals surface area contributed by atoms with Crippen LogP contribution < -0.4 is 14.8 Å². The van der Waals surface area contributed by atoms with Gasteiger partial charge in [0.25, 0.3) is 5.91 Å². The van der Waals surface area contributed by atoms with Gasteiger partial charge in [-0.1, -0.05) is 11.6 Å². The van der Waals surface area contributed by atoms with Crippen molar-refractivity contribution in [2.75, 3.05) is 19.5 Å². The van der Waals surface area contributed by atoms with E-state index in [1.807, 2.05) is 0 Å². The molecule has 0 aliphatic carbocycles. The van der Waals surface area contributed by atoms with Gasteiger partial charge in [-0.2, -0.15) is 0 Å². The van der Waals surface area contributed by atoms with Crippen LogP contribution in [0.1, 0.15) is 10.4 Å².